The van der Waals surface area contributed by atoms with Gasteiger partial charge in [0.1, 0.15) is 19.3 Å². The van der Waals surface area contributed by atoms with E-state index in [-0.39, 0.29) is 25.7 Å². The number of phosphoric acid groups is 2. The van der Waals surface area contributed by atoms with Crippen molar-refractivity contribution >= 4 is 39.5 Å². The Balaban J connectivity index is 5.22. The van der Waals surface area contributed by atoms with Crippen molar-refractivity contribution in [2.75, 3.05) is 39.6 Å². The maximum absolute atomic E-state index is 13.0. The van der Waals surface area contributed by atoms with Crippen molar-refractivity contribution < 1.29 is 80.2 Å². The molecule has 3 N–H and O–H groups in total. The first-order chi connectivity index (χ1) is 43.7. The van der Waals surface area contributed by atoms with Crippen molar-refractivity contribution in [1.29, 1.82) is 0 Å². The van der Waals surface area contributed by atoms with Crippen molar-refractivity contribution in [3.8, 4) is 0 Å². The maximum Gasteiger partial charge on any atom is 0.472 e. The lowest BCUT2D eigenvalue weighted by Crippen LogP contribution is -2.30. The Hall–Kier alpha value is -1.94. The van der Waals surface area contributed by atoms with E-state index in [2.05, 4.69) is 27.7 Å². The fraction of sp³-hybridized carbons (Fsp3) is 0.944. The van der Waals surface area contributed by atoms with E-state index in [1.165, 1.54) is 199 Å². The Morgan fingerprint density at radius 1 is 0.267 bits per heavy atom. The minimum atomic E-state index is -4.95. The minimum absolute atomic E-state index is 0.108. The van der Waals surface area contributed by atoms with Gasteiger partial charge in [0.15, 0.2) is 12.2 Å². The van der Waals surface area contributed by atoms with Crippen molar-refractivity contribution in [3.63, 3.8) is 0 Å². The van der Waals surface area contributed by atoms with E-state index in [0.717, 1.165) is 96.3 Å². The van der Waals surface area contributed by atoms with Gasteiger partial charge in [-0.15, -0.1) is 0 Å². The highest BCUT2D eigenvalue weighted by atomic mass is 31.2. The molecule has 0 saturated carbocycles. The van der Waals surface area contributed by atoms with Gasteiger partial charge in [0, 0.05) is 25.7 Å². The molecule has 17 nitrogen and oxygen atoms in total. The molecular weight excluding hydrogens is 1190 g/mol. The summed E-state index contributed by atoms with van der Waals surface area (Å²) in [6.45, 7) is 4.94. The molecule has 19 heteroatoms. The maximum atomic E-state index is 13.0. The van der Waals surface area contributed by atoms with Gasteiger partial charge in [-0.2, -0.15) is 0 Å². The van der Waals surface area contributed by atoms with Crippen LogP contribution in [0.2, 0.25) is 0 Å². The molecule has 0 aromatic carbocycles. The molecule has 0 aliphatic carbocycles. The molecule has 0 rings (SSSR count). The number of carbonyl (C=O) groups excluding carboxylic acids is 4. The van der Waals surface area contributed by atoms with Crippen LogP contribution in [0.15, 0.2) is 0 Å². The zero-order valence-electron chi connectivity index (χ0n) is 58.1. The van der Waals surface area contributed by atoms with E-state index in [0.29, 0.717) is 25.7 Å². The largest absolute Gasteiger partial charge is 0.472 e. The highest BCUT2D eigenvalue weighted by molar-refractivity contribution is 7.47. The van der Waals surface area contributed by atoms with E-state index in [1.54, 1.807) is 0 Å². The van der Waals surface area contributed by atoms with E-state index in [9.17, 15) is 43.2 Å². The quantitative estimate of drug-likeness (QED) is 0.0222. The molecule has 0 bridgehead atoms. The van der Waals surface area contributed by atoms with Crippen molar-refractivity contribution in [3.05, 3.63) is 0 Å². The lowest BCUT2D eigenvalue weighted by Gasteiger charge is -2.21. The standard InChI is InChI=1S/C71H138O17P2/c1-5-9-13-17-21-25-28-31-33-34-36-39-42-46-50-54-58-71(76)88-67(62-82-69(74)56-52-48-44-40-38-35-32-29-26-22-18-14-10-6-2)64-86-90(79,80)84-60-65(72)59-83-89(77,78)85-63-66(61-81-68(73)55-51-47-43-24-20-16-12-8-4)87-70(75)57-53-49-45-41-37-30-27-23-19-15-11-7-3/h65-67,72H,5-64H2,1-4H3,(H,77,78)(H,79,80)/t65-,66+,67+/m0/s1. The number of phosphoric ester groups is 2. The SMILES string of the molecule is CCCCCCCCCCCCCCCCCCC(=O)O[C@H](COC(=O)CCCCCCCCCCCCCCCC)COP(=O)(O)OC[C@@H](O)COP(=O)(O)OC[C@@H](COC(=O)CCCCCCCCCC)OC(=O)CCCCCCCCCCCCCC. The second-order valence-electron chi connectivity index (χ2n) is 25.6. The van der Waals surface area contributed by atoms with Crippen LogP contribution in [0.4, 0.5) is 0 Å². The fourth-order valence-corrected chi connectivity index (χ4v) is 12.4. The van der Waals surface area contributed by atoms with Crippen LogP contribution in [0, 0.1) is 0 Å². The first-order valence-corrected chi connectivity index (χ1v) is 40.3. The number of ether oxygens (including phenoxy) is 4. The lowest BCUT2D eigenvalue weighted by atomic mass is 10.0. The second kappa shape index (κ2) is 65.7. The average molecular weight is 1330 g/mol. The van der Waals surface area contributed by atoms with Crippen LogP contribution >= 0.6 is 15.6 Å². The van der Waals surface area contributed by atoms with Gasteiger partial charge in [-0.3, -0.25) is 37.3 Å². The smallest absolute Gasteiger partial charge is 0.462 e. The van der Waals surface area contributed by atoms with Crippen LogP contribution in [0.3, 0.4) is 0 Å². The molecule has 0 amide bonds. The number of hydrogen-bond acceptors (Lipinski definition) is 15. The molecule has 90 heavy (non-hydrogen) atoms. The molecule has 5 atom stereocenters. The van der Waals surface area contributed by atoms with Crippen LogP contribution in [-0.4, -0.2) is 96.7 Å². The summed E-state index contributed by atoms with van der Waals surface area (Å²) in [5.74, 6) is -2.12. The highest BCUT2D eigenvalue weighted by Crippen LogP contribution is 2.45. The summed E-state index contributed by atoms with van der Waals surface area (Å²) in [7, 11) is -9.90. The van der Waals surface area contributed by atoms with Crippen LogP contribution in [0.5, 0.6) is 0 Å². The molecule has 0 spiro atoms. The summed E-state index contributed by atoms with van der Waals surface area (Å²) < 4.78 is 68.3. The lowest BCUT2D eigenvalue weighted by molar-refractivity contribution is -0.161. The molecule has 0 aromatic rings. The summed E-state index contributed by atoms with van der Waals surface area (Å²) in [6.07, 6.45) is 54.0. The zero-order valence-corrected chi connectivity index (χ0v) is 59.9. The zero-order chi connectivity index (χ0) is 66.1. The summed E-state index contributed by atoms with van der Waals surface area (Å²) in [4.78, 5) is 72.5. The predicted octanol–water partition coefficient (Wildman–Crippen LogP) is 20.7. The minimum Gasteiger partial charge on any atom is -0.462 e. The molecule has 0 aliphatic rings. The topological polar surface area (TPSA) is 237 Å². The third-order valence-corrected chi connectivity index (χ3v) is 18.5. The van der Waals surface area contributed by atoms with Gasteiger partial charge in [-0.25, -0.2) is 9.13 Å². The van der Waals surface area contributed by atoms with Crippen LogP contribution in [0.1, 0.15) is 374 Å². The van der Waals surface area contributed by atoms with Crippen LogP contribution in [0.25, 0.3) is 0 Å². The molecule has 0 radical (unpaired) electrons. The molecule has 0 heterocycles. The van der Waals surface area contributed by atoms with Gasteiger partial charge in [0.05, 0.1) is 26.4 Å². The highest BCUT2D eigenvalue weighted by Gasteiger charge is 2.30. The summed E-state index contributed by atoms with van der Waals surface area (Å²) in [6, 6.07) is 0. The third-order valence-electron chi connectivity index (χ3n) is 16.6. The molecule has 534 valence electrons. The Labute approximate surface area is 549 Å². The molecular formula is C71H138O17P2. The first kappa shape index (κ1) is 88.1. The number of rotatable bonds is 72. The van der Waals surface area contributed by atoms with Crippen molar-refractivity contribution in [2.24, 2.45) is 0 Å². The Morgan fingerprint density at radius 2 is 0.444 bits per heavy atom. The van der Waals surface area contributed by atoms with Gasteiger partial charge < -0.3 is 33.8 Å². The summed E-state index contributed by atoms with van der Waals surface area (Å²) >= 11 is 0. The number of unbranched alkanes of at least 4 members (excludes halogenated alkanes) is 46. The second-order valence-corrected chi connectivity index (χ2v) is 28.5. The number of hydrogen-bond donors (Lipinski definition) is 3. The monoisotopic (exact) mass is 1320 g/mol. The van der Waals surface area contributed by atoms with Gasteiger partial charge in [0.25, 0.3) is 0 Å². The van der Waals surface area contributed by atoms with Crippen LogP contribution < -0.4 is 0 Å². The van der Waals surface area contributed by atoms with Gasteiger partial charge >= 0.3 is 39.5 Å². The van der Waals surface area contributed by atoms with E-state index < -0.39 is 97.5 Å². The third kappa shape index (κ3) is 64.8. The van der Waals surface area contributed by atoms with Crippen LogP contribution in [-0.2, 0) is 65.4 Å². The fourth-order valence-electron chi connectivity index (χ4n) is 10.9. The average Bonchev–Trinajstić information content (AvgIpc) is 3.16. The number of aliphatic hydroxyl groups is 1. The summed E-state index contributed by atoms with van der Waals surface area (Å²) in [5, 5.41) is 10.6. The number of carbonyl (C=O) groups is 4. The molecule has 0 fully saturated rings. The Kier molecular flexibility index (Phi) is 64.3. The Bertz CT molecular complexity index is 1720. The predicted molar refractivity (Wildman–Crippen MR) is 363 cm³/mol. The first-order valence-electron chi connectivity index (χ1n) is 37.3. The van der Waals surface area contributed by atoms with Gasteiger partial charge in [-0.05, 0) is 25.7 Å². The van der Waals surface area contributed by atoms with Gasteiger partial charge in [-0.1, -0.05) is 323 Å². The molecule has 0 saturated heterocycles. The number of aliphatic hydroxyl groups excluding tert-OH is 1. The molecule has 2 unspecified atom stereocenters. The molecule has 0 aromatic heterocycles. The Morgan fingerprint density at radius 3 is 0.656 bits per heavy atom. The van der Waals surface area contributed by atoms with Gasteiger partial charge in [0.2, 0.25) is 0 Å². The van der Waals surface area contributed by atoms with E-state index >= 15 is 0 Å². The molecule has 0 aliphatic heterocycles. The van der Waals surface area contributed by atoms with E-state index in [1.807, 2.05) is 0 Å². The van der Waals surface area contributed by atoms with E-state index in [4.69, 9.17) is 37.0 Å². The normalized spacial score (nSPS) is 14.0. The number of esters is 4. The van der Waals surface area contributed by atoms with Crippen molar-refractivity contribution in [2.45, 2.75) is 393 Å². The summed E-state index contributed by atoms with van der Waals surface area (Å²) in [5.41, 5.74) is 0. The van der Waals surface area contributed by atoms with Crippen molar-refractivity contribution in [1.82, 2.24) is 0 Å².